The van der Waals surface area contributed by atoms with Crippen LogP contribution in [-0.4, -0.2) is 0 Å². The van der Waals surface area contributed by atoms with Crippen molar-refractivity contribution in [3.8, 4) is 0 Å². The molecule has 4 heteroatoms. The molecule has 0 bridgehead atoms. The van der Waals surface area contributed by atoms with Crippen molar-refractivity contribution < 1.29 is 22.7 Å². The Labute approximate surface area is 90.6 Å². The molecule has 0 spiro atoms. The Balaban J connectivity index is 0.000001000. The number of halogens is 3. The van der Waals surface area contributed by atoms with Gasteiger partial charge in [0.05, 0.1) is 0 Å². The Morgan fingerprint density at radius 1 is 1.45 bits per heavy atom. The van der Waals surface area contributed by atoms with E-state index in [0.29, 0.717) is 0 Å². The van der Waals surface area contributed by atoms with E-state index in [1.54, 1.807) is 18.2 Å². The number of benzene rings is 1. The van der Waals surface area contributed by atoms with Gasteiger partial charge in [-0.1, -0.05) is 0 Å². The van der Waals surface area contributed by atoms with E-state index >= 15 is 0 Å². The Hall–Kier alpha value is 0.543. The maximum absolute atomic E-state index is 12.9. The molecule has 0 heterocycles. The SMILES string of the molecule is Br.Fc1c(Cl)cccc1[CH2][Zn]. The fourth-order valence-corrected chi connectivity index (χ4v) is 1.75. The van der Waals surface area contributed by atoms with Crippen molar-refractivity contribution in [1.29, 1.82) is 0 Å². The van der Waals surface area contributed by atoms with Crippen molar-refractivity contribution in [2.45, 2.75) is 5.02 Å². The molecular weight excluding hydrogens is 284 g/mol. The summed E-state index contributed by atoms with van der Waals surface area (Å²) in [5, 5.41) is 1.04. The van der Waals surface area contributed by atoms with Crippen molar-refractivity contribution in [2.24, 2.45) is 0 Å². The molecule has 1 rings (SSSR count). The van der Waals surface area contributed by atoms with Crippen LogP contribution in [0.4, 0.5) is 4.39 Å². The van der Waals surface area contributed by atoms with Crippen LogP contribution in [0.5, 0.6) is 0 Å². The van der Waals surface area contributed by atoms with Gasteiger partial charge < -0.3 is 0 Å². The Morgan fingerprint density at radius 3 is 2.55 bits per heavy atom. The first kappa shape index (κ1) is 11.5. The third kappa shape index (κ3) is 2.81. The number of hydrogen-bond donors (Lipinski definition) is 0. The summed E-state index contributed by atoms with van der Waals surface area (Å²) in [5.41, 5.74) is 0.729. The van der Waals surface area contributed by atoms with E-state index in [4.69, 9.17) is 11.6 Å². The Bertz CT molecular complexity index is 242. The zero-order valence-corrected chi connectivity index (χ0v) is 11.2. The molecule has 0 N–H and O–H groups in total. The van der Waals surface area contributed by atoms with Crippen molar-refractivity contribution in [3.05, 3.63) is 34.6 Å². The molecular formula is C7H6BrClFZn. The van der Waals surface area contributed by atoms with Gasteiger partial charge in [-0.3, -0.25) is 0 Å². The number of rotatable bonds is 1. The van der Waals surface area contributed by atoms with Crippen LogP contribution in [0.25, 0.3) is 0 Å². The van der Waals surface area contributed by atoms with E-state index in [1.807, 2.05) is 0 Å². The predicted molar refractivity (Wildman–Crippen MR) is 45.4 cm³/mol. The molecule has 0 aliphatic rings. The third-order valence-corrected chi connectivity index (χ3v) is 2.72. The van der Waals surface area contributed by atoms with Gasteiger partial charge in [0.1, 0.15) is 0 Å². The van der Waals surface area contributed by atoms with Crippen LogP contribution in [0.3, 0.4) is 0 Å². The second-order valence-corrected chi connectivity index (χ2v) is 3.42. The summed E-state index contributed by atoms with van der Waals surface area (Å²) in [4.78, 5) is 0. The minimum atomic E-state index is -0.254. The van der Waals surface area contributed by atoms with Gasteiger partial charge in [0.15, 0.2) is 0 Å². The van der Waals surface area contributed by atoms with Crippen LogP contribution < -0.4 is 0 Å². The molecule has 11 heavy (non-hydrogen) atoms. The van der Waals surface area contributed by atoms with Gasteiger partial charge in [-0.25, -0.2) is 0 Å². The molecule has 1 aromatic carbocycles. The van der Waals surface area contributed by atoms with Crippen molar-refractivity contribution in [2.75, 3.05) is 0 Å². The molecule has 0 amide bonds. The molecule has 0 aliphatic heterocycles. The zero-order chi connectivity index (χ0) is 7.56. The second kappa shape index (κ2) is 5.24. The first-order valence-corrected chi connectivity index (χ1v) is 5.45. The Morgan fingerprint density at radius 2 is 2.09 bits per heavy atom. The fourth-order valence-electron chi connectivity index (χ4n) is 0.742. The monoisotopic (exact) mass is 287 g/mol. The minimum absolute atomic E-state index is 0. The van der Waals surface area contributed by atoms with Crippen LogP contribution in [0.1, 0.15) is 5.56 Å². The van der Waals surface area contributed by atoms with E-state index in [2.05, 4.69) is 0 Å². The molecule has 0 aromatic heterocycles. The van der Waals surface area contributed by atoms with Gasteiger partial charge in [0.2, 0.25) is 0 Å². The summed E-state index contributed by atoms with van der Waals surface area (Å²) in [6.07, 6.45) is 0. The van der Waals surface area contributed by atoms with E-state index in [1.165, 1.54) is 0 Å². The van der Waals surface area contributed by atoms with Crippen LogP contribution in [-0.2, 0) is 23.3 Å². The molecule has 1 aromatic rings. The summed E-state index contributed by atoms with van der Waals surface area (Å²) < 4.78 is 12.9. The number of hydrogen-bond acceptors (Lipinski definition) is 0. The first-order chi connectivity index (χ1) is 4.75. The van der Waals surface area contributed by atoms with Crippen molar-refractivity contribution in [3.63, 3.8) is 0 Å². The third-order valence-electron chi connectivity index (χ3n) is 1.30. The summed E-state index contributed by atoms with van der Waals surface area (Å²) in [5.74, 6) is -0.254. The molecule has 0 radical (unpaired) electrons. The summed E-state index contributed by atoms with van der Waals surface area (Å²) in [6.45, 7) is 0. The Kier molecular flexibility index (Phi) is 5.49. The zero-order valence-electron chi connectivity index (χ0n) is 5.81. The standard InChI is InChI=1S/C7H5ClF.BrH.Zn/c1-5-3-2-4-6(8)7(5)9;;/h2-4H,1H2;1H;. The van der Waals surface area contributed by atoms with Crippen LogP contribution in [0.15, 0.2) is 18.2 Å². The van der Waals surface area contributed by atoms with Gasteiger partial charge in [0.25, 0.3) is 0 Å². The van der Waals surface area contributed by atoms with E-state index in [-0.39, 0.29) is 27.8 Å². The van der Waals surface area contributed by atoms with Gasteiger partial charge in [-0.05, 0) is 0 Å². The van der Waals surface area contributed by atoms with Gasteiger partial charge in [-0.2, -0.15) is 0 Å². The van der Waals surface area contributed by atoms with Crippen LogP contribution in [0.2, 0.25) is 5.02 Å². The summed E-state index contributed by atoms with van der Waals surface area (Å²) >= 11 is 6.60. The second-order valence-electron chi connectivity index (χ2n) is 1.96. The molecule has 0 unspecified atom stereocenters. The average molecular weight is 290 g/mol. The molecule has 57 valence electrons. The summed E-state index contributed by atoms with van der Waals surface area (Å²) in [6, 6.07) is 5.11. The topological polar surface area (TPSA) is 0 Å². The fraction of sp³-hybridized carbons (Fsp3) is 0.143. The maximum atomic E-state index is 12.9. The quantitative estimate of drug-likeness (QED) is 0.697. The molecule has 0 atom stereocenters. The van der Waals surface area contributed by atoms with Gasteiger partial charge in [0, 0.05) is 0 Å². The normalized spacial score (nSPS) is 9.09. The van der Waals surface area contributed by atoms with Gasteiger partial charge in [-0.15, -0.1) is 17.0 Å². The van der Waals surface area contributed by atoms with E-state index in [0.717, 1.165) is 28.9 Å². The van der Waals surface area contributed by atoms with Gasteiger partial charge >= 0.3 is 73.9 Å². The van der Waals surface area contributed by atoms with Crippen molar-refractivity contribution in [1.82, 2.24) is 0 Å². The van der Waals surface area contributed by atoms with Crippen LogP contribution in [0, 0.1) is 5.82 Å². The molecule has 0 aliphatic carbocycles. The molecule has 0 saturated carbocycles. The van der Waals surface area contributed by atoms with Crippen molar-refractivity contribution >= 4 is 28.6 Å². The predicted octanol–water partition coefficient (Wildman–Crippen LogP) is 3.10. The van der Waals surface area contributed by atoms with E-state index in [9.17, 15) is 4.39 Å². The molecule has 0 nitrogen and oxygen atoms in total. The first-order valence-electron chi connectivity index (χ1n) is 2.98. The molecule has 0 saturated heterocycles. The van der Waals surface area contributed by atoms with Crippen LogP contribution >= 0.6 is 28.6 Å². The average Bonchev–Trinajstić information content (AvgIpc) is 1.95. The molecule has 0 fully saturated rings. The summed E-state index contributed by atoms with van der Waals surface area (Å²) in [7, 11) is 0. The van der Waals surface area contributed by atoms with E-state index < -0.39 is 0 Å².